The van der Waals surface area contributed by atoms with Gasteiger partial charge in [0.1, 0.15) is 5.00 Å². The van der Waals surface area contributed by atoms with Crippen LogP contribution in [0.2, 0.25) is 0 Å². The maximum atomic E-state index is 11.9. The molecule has 0 unspecified atom stereocenters. The van der Waals surface area contributed by atoms with Gasteiger partial charge in [-0.15, -0.1) is 11.3 Å². The molecule has 1 aromatic heterocycles. The highest BCUT2D eigenvalue weighted by atomic mass is 32.1. The van der Waals surface area contributed by atoms with Crippen LogP contribution in [0.15, 0.2) is 6.07 Å². The van der Waals surface area contributed by atoms with Crippen LogP contribution in [0.5, 0.6) is 0 Å². The van der Waals surface area contributed by atoms with Crippen LogP contribution in [0.25, 0.3) is 0 Å². The summed E-state index contributed by atoms with van der Waals surface area (Å²) in [5, 5.41) is 6.54. The van der Waals surface area contributed by atoms with Gasteiger partial charge in [0, 0.05) is 4.88 Å². The van der Waals surface area contributed by atoms with Crippen molar-refractivity contribution in [1.29, 1.82) is 0 Å². The van der Waals surface area contributed by atoms with E-state index in [0.717, 1.165) is 23.8 Å². The molecule has 1 heterocycles. The predicted octanol–water partition coefficient (Wildman–Crippen LogP) is 2.43. The van der Waals surface area contributed by atoms with Gasteiger partial charge in [0.15, 0.2) is 0 Å². The van der Waals surface area contributed by atoms with Crippen molar-refractivity contribution < 1.29 is 14.3 Å². The van der Waals surface area contributed by atoms with Crippen molar-refractivity contribution in [2.45, 2.75) is 33.1 Å². The quantitative estimate of drug-likeness (QED) is 0.724. The summed E-state index contributed by atoms with van der Waals surface area (Å²) < 4.78 is 5.03. The van der Waals surface area contributed by atoms with Crippen LogP contribution < -0.4 is 10.6 Å². The highest BCUT2D eigenvalue weighted by Gasteiger charge is 2.21. The van der Waals surface area contributed by atoms with Gasteiger partial charge in [0.05, 0.1) is 18.7 Å². The maximum Gasteiger partial charge on any atom is 0.341 e. The molecular formula is C15H22N2O3S. The molecule has 6 heteroatoms. The van der Waals surface area contributed by atoms with Crippen LogP contribution in [0.1, 0.15) is 41.9 Å². The Hall–Kier alpha value is -1.40. The van der Waals surface area contributed by atoms with Crippen molar-refractivity contribution in [1.82, 2.24) is 5.32 Å². The maximum absolute atomic E-state index is 11.9. The van der Waals surface area contributed by atoms with Crippen molar-refractivity contribution in [2.75, 3.05) is 25.0 Å². The van der Waals surface area contributed by atoms with E-state index in [1.807, 2.05) is 6.92 Å². The van der Waals surface area contributed by atoms with Crippen LogP contribution in [-0.2, 0) is 16.0 Å². The standard InChI is InChI=1S/C15H22N2O3S/c1-3-11-7-12(15(19)20-4-2)14(21-11)17-13(18)9-16-8-10-5-6-10/h7,10,16H,3-6,8-9H2,1-2H3,(H,17,18). The summed E-state index contributed by atoms with van der Waals surface area (Å²) >= 11 is 1.43. The van der Waals surface area contributed by atoms with E-state index in [2.05, 4.69) is 10.6 Å². The Morgan fingerprint density at radius 3 is 2.76 bits per heavy atom. The van der Waals surface area contributed by atoms with Gasteiger partial charge < -0.3 is 15.4 Å². The summed E-state index contributed by atoms with van der Waals surface area (Å²) in [6.07, 6.45) is 3.34. The lowest BCUT2D eigenvalue weighted by atomic mass is 10.2. The molecule has 1 aliphatic carbocycles. The summed E-state index contributed by atoms with van der Waals surface area (Å²) in [6, 6.07) is 1.80. The zero-order valence-corrected chi connectivity index (χ0v) is 13.3. The van der Waals surface area contributed by atoms with Crippen LogP contribution in [-0.4, -0.2) is 31.6 Å². The van der Waals surface area contributed by atoms with E-state index in [1.54, 1.807) is 13.0 Å². The number of carbonyl (C=O) groups excluding carboxylic acids is 2. The Kier molecular flexibility index (Phi) is 5.76. The Morgan fingerprint density at radius 2 is 2.14 bits per heavy atom. The second-order valence-electron chi connectivity index (χ2n) is 5.15. The first-order valence-corrected chi connectivity index (χ1v) is 8.26. The van der Waals surface area contributed by atoms with Crippen molar-refractivity contribution in [3.8, 4) is 0 Å². The predicted molar refractivity (Wildman–Crippen MR) is 83.9 cm³/mol. The number of thiophene rings is 1. The fourth-order valence-corrected chi connectivity index (χ4v) is 2.95. The second kappa shape index (κ2) is 7.56. The average molecular weight is 310 g/mol. The molecule has 21 heavy (non-hydrogen) atoms. The highest BCUT2D eigenvalue weighted by molar-refractivity contribution is 7.16. The normalized spacial score (nSPS) is 14.0. The molecule has 0 radical (unpaired) electrons. The van der Waals surface area contributed by atoms with E-state index in [4.69, 9.17) is 4.74 Å². The number of carbonyl (C=O) groups is 2. The zero-order chi connectivity index (χ0) is 15.2. The summed E-state index contributed by atoms with van der Waals surface area (Å²) in [7, 11) is 0. The van der Waals surface area contributed by atoms with Crippen molar-refractivity contribution >= 4 is 28.2 Å². The van der Waals surface area contributed by atoms with Gasteiger partial charge in [0.2, 0.25) is 5.91 Å². The fourth-order valence-electron chi connectivity index (χ4n) is 1.95. The van der Waals surface area contributed by atoms with Gasteiger partial charge in [-0.25, -0.2) is 4.79 Å². The lowest BCUT2D eigenvalue weighted by Crippen LogP contribution is -2.29. The molecule has 1 fully saturated rings. The molecule has 1 saturated carbocycles. The first-order chi connectivity index (χ1) is 10.1. The van der Waals surface area contributed by atoms with Gasteiger partial charge in [-0.05, 0) is 44.7 Å². The number of ether oxygens (including phenoxy) is 1. The molecule has 2 N–H and O–H groups in total. The molecule has 1 aromatic rings. The number of esters is 1. The second-order valence-corrected chi connectivity index (χ2v) is 6.29. The lowest BCUT2D eigenvalue weighted by molar-refractivity contribution is -0.115. The van der Waals surface area contributed by atoms with Gasteiger partial charge in [-0.2, -0.15) is 0 Å². The monoisotopic (exact) mass is 310 g/mol. The zero-order valence-electron chi connectivity index (χ0n) is 12.5. The van der Waals surface area contributed by atoms with Crippen molar-refractivity contribution in [2.24, 2.45) is 5.92 Å². The molecular weight excluding hydrogens is 288 g/mol. The molecule has 5 nitrogen and oxygen atoms in total. The van der Waals surface area contributed by atoms with Crippen LogP contribution in [0.3, 0.4) is 0 Å². The molecule has 116 valence electrons. The number of nitrogens with one attached hydrogen (secondary N) is 2. The van der Waals surface area contributed by atoms with Crippen LogP contribution in [0.4, 0.5) is 5.00 Å². The van der Waals surface area contributed by atoms with Gasteiger partial charge >= 0.3 is 5.97 Å². The van der Waals surface area contributed by atoms with E-state index < -0.39 is 0 Å². The SMILES string of the molecule is CCOC(=O)c1cc(CC)sc1NC(=O)CNCC1CC1. The molecule has 0 bridgehead atoms. The number of rotatable bonds is 8. The summed E-state index contributed by atoms with van der Waals surface area (Å²) in [6.45, 7) is 5.28. The van der Waals surface area contributed by atoms with Crippen LogP contribution in [0, 0.1) is 5.92 Å². The summed E-state index contributed by atoms with van der Waals surface area (Å²) in [5.41, 5.74) is 0.453. The van der Waals surface area contributed by atoms with E-state index in [9.17, 15) is 9.59 Å². The van der Waals surface area contributed by atoms with E-state index >= 15 is 0 Å². The van der Waals surface area contributed by atoms with Crippen LogP contribution >= 0.6 is 11.3 Å². The minimum atomic E-state index is -0.380. The van der Waals surface area contributed by atoms with Gasteiger partial charge in [-0.3, -0.25) is 4.79 Å². The number of anilines is 1. The average Bonchev–Trinajstić information content (AvgIpc) is 3.18. The van der Waals surface area contributed by atoms with E-state index in [0.29, 0.717) is 17.2 Å². The Labute approximate surface area is 129 Å². The van der Waals surface area contributed by atoms with E-state index in [1.165, 1.54) is 24.2 Å². The third kappa shape index (κ3) is 4.82. The number of hydrogen-bond donors (Lipinski definition) is 2. The Bertz CT molecular complexity index is 509. The molecule has 0 saturated heterocycles. The summed E-state index contributed by atoms with van der Waals surface area (Å²) in [5.74, 6) is 0.238. The molecule has 1 amide bonds. The Morgan fingerprint density at radius 1 is 1.38 bits per heavy atom. The molecule has 0 spiro atoms. The number of hydrogen-bond acceptors (Lipinski definition) is 5. The van der Waals surface area contributed by atoms with Gasteiger partial charge in [0.25, 0.3) is 0 Å². The third-order valence-corrected chi connectivity index (χ3v) is 4.49. The summed E-state index contributed by atoms with van der Waals surface area (Å²) in [4.78, 5) is 24.9. The molecule has 0 aromatic carbocycles. The lowest BCUT2D eigenvalue weighted by Gasteiger charge is -2.07. The molecule has 2 rings (SSSR count). The number of aryl methyl sites for hydroxylation is 1. The minimum Gasteiger partial charge on any atom is -0.462 e. The Balaban J connectivity index is 1.94. The first-order valence-electron chi connectivity index (χ1n) is 7.44. The smallest absolute Gasteiger partial charge is 0.341 e. The van der Waals surface area contributed by atoms with Gasteiger partial charge in [-0.1, -0.05) is 6.92 Å². The fraction of sp³-hybridized carbons (Fsp3) is 0.600. The third-order valence-electron chi connectivity index (χ3n) is 3.30. The van der Waals surface area contributed by atoms with Crippen molar-refractivity contribution in [3.63, 3.8) is 0 Å². The van der Waals surface area contributed by atoms with E-state index in [-0.39, 0.29) is 18.4 Å². The molecule has 0 atom stereocenters. The van der Waals surface area contributed by atoms with Crippen molar-refractivity contribution in [3.05, 3.63) is 16.5 Å². The number of amides is 1. The topological polar surface area (TPSA) is 67.4 Å². The largest absolute Gasteiger partial charge is 0.462 e. The molecule has 1 aliphatic rings. The highest BCUT2D eigenvalue weighted by Crippen LogP contribution is 2.29. The molecule has 0 aliphatic heterocycles. The first kappa shape index (κ1) is 16.0. The minimum absolute atomic E-state index is 0.120.